The van der Waals surface area contributed by atoms with E-state index in [1.807, 2.05) is 31.1 Å². The summed E-state index contributed by atoms with van der Waals surface area (Å²) >= 11 is 0. The van der Waals surface area contributed by atoms with E-state index in [1.54, 1.807) is 4.68 Å². The lowest BCUT2D eigenvalue weighted by atomic mass is 10.0. The van der Waals surface area contributed by atoms with Crippen LogP contribution in [0.5, 0.6) is 0 Å². The first-order valence-corrected chi connectivity index (χ1v) is 8.81. The molecule has 1 N–H and O–H groups in total. The van der Waals surface area contributed by atoms with Crippen molar-refractivity contribution in [1.82, 2.24) is 29.9 Å². The molecule has 134 valence electrons. The predicted octanol–water partition coefficient (Wildman–Crippen LogP) is 0.164. The molecule has 1 atom stereocenters. The third kappa shape index (κ3) is 3.11. The Bertz CT molecular complexity index is 745. The van der Waals surface area contributed by atoms with Gasteiger partial charge in [0, 0.05) is 52.0 Å². The molecule has 0 saturated carbocycles. The molecule has 0 bridgehead atoms. The molecule has 2 aliphatic rings. The highest BCUT2D eigenvalue weighted by molar-refractivity contribution is 5.97. The summed E-state index contributed by atoms with van der Waals surface area (Å²) in [5.41, 5.74) is 0. The number of rotatable bonds is 3. The SMILES string of the molecule is Cc1nc(N2CCN(C3CCCN(c4ccn(C)n4)C3=O)CC2)n[nH]1. The monoisotopic (exact) mass is 344 g/mol. The summed E-state index contributed by atoms with van der Waals surface area (Å²) < 4.78 is 1.74. The van der Waals surface area contributed by atoms with Crippen LogP contribution in [0.4, 0.5) is 11.8 Å². The lowest BCUT2D eigenvalue weighted by Crippen LogP contribution is -2.58. The van der Waals surface area contributed by atoms with Gasteiger partial charge in [-0.1, -0.05) is 0 Å². The maximum absolute atomic E-state index is 13.0. The number of nitrogens with one attached hydrogen (secondary N) is 1. The van der Waals surface area contributed by atoms with Crippen LogP contribution in [0, 0.1) is 6.92 Å². The number of H-pyrrole nitrogens is 1. The number of amides is 1. The van der Waals surface area contributed by atoms with Crippen molar-refractivity contribution in [1.29, 1.82) is 0 Å². The number of aryl methyl sites for hydroxylation is 2. The van der Waals surface area contributed by atoms with Gasteiger partial charge in [0.05, 0.1) is 6.04 Å². The van der Waals surface area contributed by atoms with Crippen molar-refractivity contribution in [3.05, 3.63) is 18.1 Å². The van der Waals surface area contributed by atoms with Gasteiger partial charge >= 0.3 is 0 Å². The number of carbonyl (C=O) groups is 1. The van der Waals surface area contributed by atoms with Crippen LogP contribution in [0.3, 0.4) is 0 Å². The van der Waals surface area contributed by atoms with E-state index in [-0.39, 0.29) is 11.9 Å². The Morgan fingerprint density at radius 2 is 2.00 bits per heavy atom. The zero-order valence-corrected chi connectivity index (χ0v) is 14.7. The molecule has 2 fully saturated rings. The Balaban J connectivity index is 1.41. The number of carbonyl (C=O) groups excluding carboxylic acids is 1. The Kier molecular flexibility index (Phi) is 4.16. The molecule has 0 aromatic carbocycles. The van der Waals surface area contributed by atoms with Crippen LogP contribution in [0.1, 0.15) is 18.7 Å². The predicted molar refractivity (Wildman–Crippen MR) is 93.5 cm³/mol. The standard InChI is InChI=1S/C16H24N8O/c1-12-17-16(19-18-12)23-10-8-22(9-11-23)13-4-3-6-24(15(13)25)14-5-7-21(2)20-14/h5,7,13H,3-4,6,8-11H2,1-2H3,(H,17,18,19). The summed E-state index contributed by atoms with van der Waals surface area (Å²) in [6, 6.07) is 1.86. The number of hydrogen-bond donors (Lipinski definition) is 1. The highest BCUT2D eigenvalue weighted by atomic mass is 16.2. The summed E-state index contributed by atoms with van der Waals surface area (Å²) in [5, 5.41) is 11.5. The van der Waals surface area contributed by atoms with Crippen LogP contribution < -0.4 is 9.80 Å². The number of piperazine rings is 1. The van der Waals surface area contributed by atoms with Crippen molar-refractivity contribution in [2.75, 3.05) is 42.5 Å². The normalized spacial score (nSPS) is 22.6. The molecule has 0 spiro atoms. The number of nitrogens with zero attached hydrogens (tertiary/aromatic N) is 7. The Labute approximate surface area is 146 Å². The van der Waals surface area contributed by atoms with Crippen LogP contribution in [-0.4, -0.2) is 74.5 Å². The van der Waals surface area contributed by atoms with E-state index in [9.17, 15) is 4.79 Å². The van der Waals surface area contributed by atoms with Crippen molar-refractivity contribution in [3.63, 3.8) is 0 Å². The molecule has 9 heteroatoms. The minimum absolute atomic E-state index is 0.0493. The molecule has 0 radical (unpaired) electrons. The van der Waals surface area contributed by atoms with Crippen LogP contribution >= 0.6 is 0 Å². The molecule has 4 heterocycles. The Hall–Kier alpha value is -2.42. The average Bonchev–Trinajstić information content (AvgIpc) is 3.24. The van der Waals surface area contributed by atoms with Crippen molar-refractivity contribution < 1.29 is 4.79 Å². The van der Waals surface area contributed by atoms with Crippen molar-refractivity contribution in [3.8, 4) is 0 Å². The maximum atomic E-state index is 13.0. The second-order valence-electron chi connectivity index (χ2n) is 6.74. The van der Waals surface area contributed by atoms with Gasteiger partial charge in [-0.05, 0) is 19.8 Å². The molecule has 1 unspecified atom stereocenters. The van der Waals surface area contributed by atoms with Crippen LogP contribution in [0.2, 0.25) is 0 Å². The van der Waals surface area contributed by atoms with Crippen molar-refractivity contribution in [2.45, 2.75) is 25.8 Å². The quantitative estimate of drug-likeness (QED) is 0.854. The van der Waals surface area contributed by atoms with E-state index in [4.69, 9.17) is 0 Å². The number of piperidine rings is 1. The molecule has 2 aromatic heterocycles. The minimum atomic E-state index is -0.0493. The first kappa shape index (κ1) is 16.1. The molecular weight excluding hydrogens is 320 g/mol. The van der Waals surface area contributed by atoms with Crippen LogP contribution in [-0.2, 0) is 11.8 Å². The Morgan fingerprint density at radius 3 is 2.64 bits per heavy atom. The topological polar surface area (TPSA) is 86.2 Å². The first-order chi connectivity index (χ1) is 12.1. The van der Waals surface area contributed by atoms with E-state index < -0.39 is 0 Å². The number of anilines is 2. The fraction of sp³-hybridized carbons (Fsp3) is 0.625. The maximum Gasteiger partial charge on any atom is 0.245 e. The molecule has 2 aliphatic heterocycles. The van der Waals surface area contributed by atoms with Crippen LogP contribution in [0.25, 0.3) is 0 Å². The van der Waals surface area contributed by atoms with Gasteiger partial charge < -0.3 is 4.90 Å². The van der Waals surface area contributed by atoms with E-state index in [1.165, 1.54) is 0 Å². The molecule has 2 aromatic rings. The fourth-order valence-corrected chi connectivity index (χ4v) is 3.68. The number of aromatic amines is 1. The van der Waals surface area contributed by atoms with Crippen molar-refractivity contribution in [2.24, 2.45) is 7.05 Å². The zero-order valence-electron chi connectivity index (χ0n) is 14.7. The van der Waals surface area contributed by atoms with Gasteiger partial charge in [-0.2, -0.15) is 10.1 Å². The average molecular weight is 344 g/mol. The van der Waals surface area contributed by atoms with Crippen LogP contribution in [0.15, 0.2) is 12.3 Å². The summed E-state index contributed by atoms with van der Waals surface area (Å²) in [4.78, 5) is 23.7. The smallest absolute Gasteiger partial charge is 0.245 e. The van der Waals surface area contributed by atoms with Gasteiger partial charge in [0.25, 0.3) is 0 Å². The summed E-state index contributed by atoms with van der Waals surface area (Å²) in [7, 11) is 1.87. The van der Waals surface area contributed by atoms with E-state index in [2.05, 4.69) is 30.1 Å². The highest BCUT2D eigenvalue weighted by Crippen LogP contribution is 2.23. The molecule has 2 saturated heterocycles. The molecule has 1 amide bonds. The minimum Gasteiger partial charge on any atom is -0.337 e. The lowest BCUT2D eigenvalue weighted by molar-refractivity contribution is -0.125. The fourth-order valence-electron chi connectivity index (χ4n) is 3.68. The molecular formula is C16H24N8O. The third-order valence-corrected chi connectivity index (χ3v) is 5.01. The number of hydrogen-bond acceptors (Lipinski definition) is 6. The van der Waals surface area contributed by atoms with Gasteiger partial charge in [0.2, 0.25) is 11.9 Å². The number of aromatic nitrogens is 5. The summed E-state index contributed by atoms with van der Waals surface area (Å²) in [6.07, 6.45) is 3.80. The highest BCUT2D eigenvalue weighted by Gasteiger charge is 2.36. The van der Waals surface area contributed by atoms with E-state index in [0.717, 1.165) is 63.2 Å². The van der Waals surface area contributed by atoms with Gasteiger partial charge in [-0.25, -0.2) is 0 Å². The lowest BCUT2D eigenvalue weighted by Gasteiger charge is -2.41. The van der Waals surface area contributed by atoms with E-state index >= 15 is 0 Å². The molecule has 0 aliphatic carbocycles. The van der Waals surface area contributed by atoms with Crippen molar-refractivity contribution >= 4 is 17.7 Å². The van der Waals surface area contributed by atoms with E-state index in [0.29, 0.717) is 0 Å². The second kappa shape index (κ2) is 6.47. The van der Waals surface area contributed by atoms with Gasteiger partial charge in [0.15, 0.2) is 5.82 Å². The summed E-state index contributed by atoms with van der Waals surface area (Å²) in [6.45, 7) is 6.03. The molecule has 25 heavy (non-hydrogen) atoms. The first-order valence-electron chi connectivity index (χ1n) is 8.81. The zero-order chi connectivity index (χ0) is 17.4. The van der Waals surface area contributed by atoms with Gasteiger partial charge in [-0.15, -0.1) is 5.10 Å². The van der Waals surface area contributed by atoms with Gasteiger partial charge in [-0.3, -0.25) is 24.4 Å². The third-order valence-electron chi connectivity index (χ3n) is 5.01. The second-order valence-corrected chi connectivity index (χ2v) is 6.74. The molecule has 4 rings (SSSR count). The largest absolute Gasteiger partial charge is 0.337 e. The summed E-state index contributed by atoms with van der Waals surface area (Å²) in [5.74, 6) is 2.51. The Morgan fingerprint density at radius 1 is 1.20 bits per heavy atom. The van der Waals surface area contributed by atoms with Gasteiger partial charge in [0.1, 0.15) is 5.82 Å². The molecule has 9 nitrogen and oxygen atoms in total.